The number of hydrogen-bond acceptors (Lipinski definition) is 4. The zero-order chi connectivity index (χ0) is 20.2. The van der Waals surface area contributed by atoms with Gasteiger partial charge in [-0.15, -0.1) is 0 Å². The minimum absolute atomic E-state index is 0.264. The van der Waals surface area contributed by atoms with Gasteiger partial charge in [0, 0.05) is 12.1 Å². The molecule has 4 rings (SSSR count). The summed E-state index contributed by atoms with van der Waals surface area (Å²) in [6.45, 7) is 0.898. The lowest BCUT2D eigenvalue weighted by Crippen LogP contribution is -2.08. The third-order valence-electron chi connectivity index (χ3n) is 5.36. The highest BCUT2D eigenvalue weighted by Gasteiger charge is 2.21. The lowest BCUT2D eigenvalue weighted by Gasteiger charge is -2.09. The van der Waals surface area contributed by atoms with Gasteiger partial charge in [-0.1, -0.05) is 18.2 Å². The number of fused-ring (bicyclic) bond motifs is 1. The van der Waals surface area contributed by atoms with Gasteiger partial charge in [0.25, 0.3) is 0 Å². The molecule has 2 N–H and O–H groups in total. The molecule has 0 amide bonds. The lowest BCUT2D eigenvalue weighted by molar-refractivity contribution is 0.0697. The first-order chi connectivity index (χ1) is 14.2. The quantitative estimate of drug-likeness (QED) is 0.661. The molecule has 150 valence electrons. The van der Waals surface area contributed by atoms with Crippen LogP contribution in [0.1, 0.15) is 40.0 Å². The molecular weight excluding hydrogens is 366 g/mol. The van der Waals surface area contributed by atoms with E-state index in [1.54, 1.807) is 25.3 Å². The molecular formula is C23H25N3O3. The van der Waals surface area contributed by atoms with Gasteiger partial charge in [-0.25, -0.2) is 9.48 Å². The normalized spacial score (nSPS) is 13.3. The molecule has 0 atom stereocenters. The molecule has 6 nitrogen and oxygen atoms in total. The number of benzene rings is 2. The van der Waals surface area contributed by atoms with Gasteiger partial charge >= 0.3 is 5.97 Å². The van der Waals surface area contributed by atoms with Crippen molar-refractivity contribution in [1.82, 2.24) is 9.78 Å². The number of aromatic carboxylic acids is 1. The summed E-state index contributed by atoms with van der Waals surface area (Å²) < 4.78 is 7.10. The Balaban J connectivity index is 1.65. The van der Waals surface area contributed by atoms with Crippen molar-refractivity contribution in [3.05, 3.63) is 70.9 Å². The fourth-order valence-electron chi connectivity index (χ4n) is 3.79. The molecule has 2 aromatic carbocycles. The number of rotatable bonds is 6. The first-order valence-corrected chi connectivity index (χ1v) is 9.97. The number of aryl methyl sites for hydroxylation is 2. The van der Waals surface area contributed by atoms with Crippen LogP contribution < -0.4 is 10.1 Å². The van der Waals surface area contributed by atoms with E-state index in [2.05, 4.69) is 17.4 Å². The van der Waals surface area contributed by atoms with E-state index in [1.807, 2.05) is 22.9 Å². The molecule has 2 heterocycles. The number of carboxylic acids is 1. The van der Waals surface area contributed by atoms with Crippen molar-refractivity contribution < 1.29 is 14.6 Å². The zero-order valence-electron chi connectivity index (χ0n) is 16.5. The largest absolute Gasteiger partial charge is 0.497 e. The second kappa shape index (κ2) is 8.39. The summed E-state index contributed by atoms with van der Waals surface area (Å²) in [5.74, 6) is 0.918. The first-order valence-electron chi connectivity index (χ1n) is 9.97. The monoisotopic (exact) mass is 391 g/mol. The SMILES string of the molecule is COc1ccc(CCc2nn(-c3cccc(C(=O)O)c3)c3c2CCCCN3)cc1. The van der Waals surface area contributed by atoms with Crippen LogP contribution in [0, 0.1) is 0 Å². The van der Waals surface area contributed by atoms with E-state index in [0.717, 1.165) is 61.6 Å². The average molecular weight is 391 g/mol. The van der Waals surface area contributed by atoms with E-state index in [1.165, 1.54) is 11.1 Å². The summed E-state index contributed by atoms with van der Waals surface area (Å²) in [6, 6.07) is 15.1. The maximum atomic E-state index is 11.4. The standard InChI is InChI=1S/C23H25N3O3/c1-29-19-11-8-16(9-12-19)10-13-21-20-7-2-3-14-24-22(20)26(25-21)18-6-4-5-17(15-18)23(27)28/h4-6,8-9,11-12,15,24H,2-3,7,10,13-14H2,1H3,(H,27,28). The van der Waals surface area contributed by atoms with Gasteiger partial charge in [-0.05, 0) is 68.0 Å². The maximum absolute atomic E-state index is 11.4. The highest BCUT2D eigenvalue weighted by molar-refractivity contribution is 5.88. The van der Waals surface area contributed by atoms with Crippen LogP contribution in [-0.4, -0.2) is 34.5 Å². The van der Waals surface area contributed by atoms with Crippen molar-refractivity contribution in [2.75, 3.05) is 19.0 Å². The van der Waals surface area contributed by atoms with Crippen molar-refractivity contribution in [1.29, 1.82) is 0 Å². The maximum Gasteiger partial charge on any atom is 0.335 e. The number of anilines is 1. The molecule has 0 spiro atoms. The molecule has 1 aliphatic rings. The Hall–Kier alpha value is -3.28. The Morgan fingerprint density at radius 2 is 2.00 bits per heavy atom. The number of nitrogens with zero attached hydrogens (tertiary/aromatic N) is 2. The van der Waals surface area contributed by atoms with Crippen molar-refractivity contribution in [3.63, 3.8) is 0 Å². The van der Waals surface area contributed by atoms with Gasteiger partial charge in [0.2, 0.25) is 0 Å². The van der Waals surface area contributed by atoms with Gasteiger partial charge in [-0.3, -0.25) is 0 Å². The second-order valence-corrected chi connectivity index (χ2v) is 7.27. The summed E-state index contributed by atoms with van der Waals surface area (Å²) in [6.07, 6.45) is 4.95. The third kappa shape index (κ3) is 4.11. The van der Waals surface area contributed by atoms with Crippen LogP contribution in [0.25, 0.3) is 5.69 Å². The Labute approximate surface area is 170 Å². The van der Waals surface area contributed by atoms with E-state index in [-0.39, 0.29) is 5.56 Å². The van der Waals surface area contributed by atoms with E-state index in [4.69, 9.17) is 9.84 Å². The molecule has 0 fully saturated rings. The summed E-state index contributed by atoms with van der Waals surface area (Å²) >= 11 is 0. The average Bonchev–Trinajstić information content (AvgIpc) is 2.92. The van der Waals surface area contributed by atoms with Crippen molar-refractivity contribution in [3.8, 4) is 11.4 Å². The number of ether oxygens (including phenoxy) is 1. The Morgan fingerprint density at radius 1 is 1.17 bits per heavy atom. The van der Waals surface area contributed by atoms with Crippen LogP contribution in [0.2, 0.25) is 0 Å². The van der Waals surface area contributed by atoms with Crippen LogP contribution in [0.5, 0.6) is 5.75 Å². The molecule has 0 unspecified atom stereocenters. The van der Waals surface area contributed by atoms with Crippen LogP contribution in [0.4, 0.5) is 5.82 Å². The topological polar surface area (TPSA) is 76.4 Å². The molecule has 1 aromatic heterocycles. The number of methoxy groups -OCH3 is 1. The van der Waals surface area contributed by atoms with Crippen LogP contribution in [-0.2, 0) is 19.3 Å². The van der Waals surface area contributed by atoms with Gasteiger partial charge in [0.05, 0.1) is 24.1 Å². The van der Waals surface area contributed by atoms with Gasteiger partial charge in [-0.2, -0.15) is 5.10 Å². The number of hydrogen-bond donors (Lipinski definition) is 2. The summed E-state index contributed by atoms with van der Waals surface area (Å²) in [5, 5.41) is 17.7. The second-order valence-electron chi connectivity index (χ2n) is 7.27. The first kappa shape index (κ1) is 19.1. The number of nitrogens with one attached hydrogen (secondary N) is 1. The molecule has 1 aliphatic heterocycles. The van der Waals surface area contributed by atoms with Crippen LogP contribution in [0.3, 0.4) is 0 Å². The minimum atomic E-state index is -0.933. The molecule has 0 saturated carbocycles. The molecule has 0 bridgehead atoms. The minimum Gasteiger partial charge on any atom is -0.497 e. The van der Waals surface area contributed by atoms with E-state index >= 15 is 0 Å². The zero-order valence-corrected chi connectivity index (χ0v) is 16.5. The summed E-state index contributed by atoms with van der Waals surface area (Å²) in [7, 11) is 1.67. The number of aromatic nitrogens is 2. The number of carbonyl (C=O) groups is 1. The van der Waals surface area contributed by atoms with Crippen molar-refractivity contribution in [2.24, 2.45) is 0 Å². The van der Waals surface area contributed by atoms with E-state index in [0.29, 0.717) is 0 Å². The Bertz CT molecular complexity index is 1010. The van der Waals surface area contributed by atoms with E-state index < -0.39 is 5.97 Å². The van der Waals surface area contributed by atoms with Gasteiger partial charge in [0.15, 0.2) is 0 Å². The van der Waals surface area contributed by atoms with Gasteiger partial charge < -0.3 is 15.2 Å². The summed E-state index contributed by atoms with van der Waals surface area (Å²) in [4.78, 5) is 11.4. The molecule has 0 radical (unpaired) electrons. The van der Waals surface area contributed by atoms with Crippen molar-refractivity contribution in [2.45, 2.75) is 32.1 Å². The van der Waals surface area contributed by atoms with Crippen molar-refractivity contribution >= 4 is 11.8 Å². The smallest absolute Gasteiger partial charge is 0.335 e. The molecule has 3 aromatic rings. The van der Waals surface area contributed by atoms with E-state index in [9.17, 15) is 9.90 Å². The highest BCUT2D eigenvalue weighted by Crippen LogP contribution is 2.29. The molecule has 6 heteroatoms. The summed E-state index contributed by atoms with van der Waals surface area (Å²) in [5.41, 5.74) is 4.60. The molecule has 0 saturated heterocycles. The van der Waals surface area contributed by atoms with Crippen LogP contribution in [0.15, 0.2) is 48.5 Å². The predicted octanol–water partition coefficient (Wildman–Crippen LogP) is 4.11. The highest BCUT2D eigenvalue weighted by atomic mass is 16.5. The fourth-order valence-corrected chi connectivity index (χ4v) is 3.79. The Morgan fingerprint density at radius 3 is 2.76 bits per heavy atom. The molecule has 0 aliphatic carbocycles. The predicted molar refractivity (Wildman–Crippen MR) is 112 cm³/mol. The number of carboxylic acid groups (broad SMARTS) is 1. The van der Waals surface area contributed by atoms with Crippen LogP contribution >= 0.6 is 0 Å². The Kier molecular flexibility index (Phi) is 5.51. The fraction of sp³-hybridized carbons (Fsp3) is 0.304. The third-order valence-corrected chi connectivity index (χ3v) is 5.36. The van der Waals surface area contributed by atoms with Gasteiger partial charge in [0.1, 0.15) is 11.6 Å². The molecule has 29 heavy (non-hydrogen) atoms. The lowest BCUT2D eigenvalue weighted by atomic mass is 10.0.